The second-order valence-corrected chi connectivity index (χ2v) is 2.31. The van der Waals surface area contributed by atoms with E-state index in [0.29, 0.717) is 26.4 Å². The van der Waals surface area contributed by atoms with E-state index in [9.17, 15) is 4.79 Å². The Morgan fingerprint density at radius 2 is 2.08 bits per heavy atom. The van der Waals surface area contributed by atoms with Crippen LogP contribution in [0.15, 0.2) is 0 Å². The van der Waals surface area contributed by atoms with Gasteiger partial charge in [0.2, 0.25) is 0 Å². The number of carbonyl (C=O) groups is 1. The zero-order chi connectivity index (χ0) is 9.40. The topological polar surface area (TPSA) is 59.0 Å². The van der Waals surface area contributed by atoms with Crippen LogP contribution in [0.1, 0.15) is 0 Å². The highest BCUT2D eigenvalue weighted by Gasteiger charge is 2.03. The lowest BCUT2D eigenvalue weighted by Gasteiger charge is -2.12. The average molecular weight is 177 g/mol. The summed E-state index contributed by atoms with van der Waals surface area (Å²) in [6.07, 6.45) is -0.939. The SMILES string of the molecule is COCCOCCN(C)C(=O)O. The van der Waals surface area contributed by atoms with Gasteiger partial charge in [0, 0.05) is 20.7 Å². The molecule has 0 aliphatic heterocycles. The Bertz CT molecular complexity index is 129. The van der Waals surface area contributed by atoms with Crippen molar-refractivity contribution in [1.29, 1.82) is 0 Å². The Balaban J connectivity index is 3.14. The summed E-state index contributed by atoms with van der Waals surface area (Å²) in [5.41, 5.74) is 0. The van der Waals surface area contributed by atoms with E-state index in [0.717, 1.165) is 0 Å². The van der Waals surface area contributed by atoms with E-state index in [4.69, 9.17) is 14.6 Å². The molecule has 0 rings (SSSR count). The smallest absolute Gasteiger partial charge is 0.407 e. The summed E-state index contributed by atoms with van der Waals surface area (Å²) in [6, 6.07) is 0. The number of nitrogens with zero attached hydrogens (tertiary/aromatic N) is 1. The molecule has 0 unspecified atom stereocenters. The van der Waals surface area contributed by atoms with Gasteiger partial charge in [-0.05, 0) is 0 Å². The van der Waals surface area contributed by atoms with Crippen molar-refractivity contribution >= 4 is 6.09 Å². The first kappa shape index (κ1) is 11.2. The minimum Gasteiger partial charge on any atom is -0.465 e. The summed E-state index contributed by atoms with van der Waals surface area (Å²) in [7, 11) is 3.09. The van der Waals surface area contributed by atoms with Gasteiger partial charge in [-0.15, -0.1) is 0 Å². The van der Waals surface area contributed by atoms with Crippen molar-refractivity contribution in [2.75, 3.05) is 40.5 Å². The molecule has 0 saturated heterocycles. The Morgan fingerprint density at radius 1 is 1.42 bits per heavy atom. The molecule has 5 nitrogen and oxygen atoms in total. The number of amides is 1. The molecule has 0 aromatic carbocycles. The number of hydrogen-bond acceptors (Lipinski definition) is 3. The third-order valence-corrected chi connectivity index (χ3v) is 1.33. The molecule has 0 atom stereocenters. The van der Waals surface area contributed by atoms with E-state index in [1.54, 1.807) is 7.11 Å². The lowest BCUT2D eigenvalue weighted by Crippen LogP contribution is -2.28. The molecule has 0 aliphatic rings. The molecular formula is C7H15NO4. The maximum Gasteiger partial charge on any atom is 0.407 e. The third-order valence-electron chi connectivity index (χ3n) is 1.33. The van der Waals surface area contributed by atoms with Gasteiger partial charge in [0.25, 0.3) is 0 Å². The Hall–Kier alpha value is -0.810. The van der Waals surface area contributed by atoms with Gasteiger partial charge >= 0.3 is 6.09 Å². The van der Waals surface area contributed by atoms with E-state index in [-0.39, 0.29) is 0 Å². The van der Waals surface area contributed by atoms with Crippen LogP contribution in [0, 0.1) is 0 Å². The summed E-state index contributed by atoms with van der Waals surface area (Å²) in [4.78, 5) is 11.4. The Labute approximate surface area is 71.9 Å². The highest BCUT2D eigenvalue weighted by Crippen LogP contribution is 1.84. The summed E-state index contributed by atoms with van der Waals surface area (Å²) < 4.78 is 9.81. The van der Waals surface area contributed by atoms with E-state index < -0.39 is 6.09 Å². The number of likely N-dealkylation sites (N-methyl/N-ethyl adjacent to an activating group) is 1. The van der Waals surface area contributed by atoms with Crippen LogP contribution in [0.2, 0.25) is 0 Å². The van der Waals surface area contributed by atoms with E-state index in [1.165, 1.54) is 11.9 Å². The van der Waals surface area contributed by atoms with Crippen molar-refractivity contribution < 1.29 is 19.4 Å². The van der Waals surface area contributed by atoms with Crippen LogP contribution < -0.4 is 0 Å². The molecule has 0 aromatic rings. The summed E-state index contributed by atoms with van der Waals surface area (Å²) in [5, 5.41) is 8.43. The molecule has 5 heteroatoms. The molecule has 0 saturated carbocycles. The molecule has 0 aliphatic carbocycles. The summed E-state index contributed by atoms with van der Waals surface area (Å²) >= 11 is 0. The standard InChI is InChI=1S/C7H15NO4/c1-8(7(9)10)3-4-12-6-5-11-2/h3-6H2,1-2H3,(H,9,10). The second-order valence-electron chi connectivity index (χ2n) is 2.31. The number of ether oxygens (including phenoxy) is 2. The van der Waals surface area contributed by atoms with Crippen molar-refractivity contribution in [3.8, 4) is 0 Å². The van der Waals surface area contributed by atoms with Crippen LogP contribution in [-0.2, 0) is 9.47 Å². The first-order valence-corrected chi connectivity index (χ1v) is 3.69. The van der Waals surface area contributed by atoms with E-state index >= 15 is 0 Å². The highest BCUT2D eigenvalue weighted by molar-refractivity contribution is 5.64. The lowest BCUT2D eigenvalue weighted by molar-refractivity contribution is 0.0600. The zero-order valence-corrected chi connectivity index (χ0v) is 7.45. The van der Waals surface area contributed by atoms with Gasteiger partial charge in [0.05, 0.1) is 19.8 Å². The van der Waals surface area contributed by atoms with Crippen molar-refractivity contribution in [2.45, 2.75) is 0 Å². The molecule has 0 bridgehead atoms. The van der Waals surface area contributed by atoms with Gasteiger partial charge in [-0.1, -0.05) is 0 Å². The fraction of sp³-hybridized carbons (Fsp3) is 0.857. The second kappa shape index (κ2) is 6.87. The molecule has 72 valence electrons. The van der Waals surface area contributed by atoms with E-state index in [2.05, 4.69) is 0 Å². The van der Waals surface area contributed by atoms with Gasteiger partial charge in [0.1, 0.15) is 0 Å². The minimum absolute atomic E-state index is 0.388. The predicted octanol–water partition coefficient (Wildman–Crippen LogP) is 0.259. The average Bonchev–Trinajstić information content (AvgIpc) is 2.03. The molecule has 0 aromatic heterocycles. The first-order valence-electron chi connectivity index (χ1n) is 3.69. The maximum absolute atomic E-state index is 10.3. The van der Waals surface area contributed by atoms with Crippen molar-refractivity contribution in [3.05, 3.63) is 0 Å². The van der Waals surface area contributed by atoms with Crippen LogP contribution in [0.3, 0.4) is 0 Å². The zero-order valence-electron chi connectivity index (χ0n) is 7.45. The Kier molecular flexibility index (Phi) is 6.41. The van der Waals surface area contributed by atoms with E-state index in [1.807, 2.05) is 0 Å². The van der Waals surface area contributed by atoms with Crippen LogP contribution >= 0.6 is 0 Å². The summed E-state index contributed by atoms with van der Waals surface area (Å²) in [5.74, 6) is 0. The molecule has 0 fully saturated rings. The van der Waals surface area contributed by atoms with Gasteiger partial charge < -0.3 is 19.5 Å². The molecule has 1 N–H and O–H groups in total. The van der Waals surface area contributed by atoms with Crippen LogP contribution in [0.4, 0.5) is 4.79 Å². The maximum atomic E-state index is 10.3. The van der Waals surface area contributed by atoms with Crippen LogP contribution in [-0.4, -0.2) is 56.6 Å². The van der Waals surface area contributed by atoms with Crippen LogP contribution in [0.25, 0.3) is 0 Å². The molecular weight excluding hydrogens is 162 g/mol. The number of methoxy groups -OCH3 is 1. The van der Waals surface area contributed by atoms with Gasteiger partial charge in [-0.3, -0.25) is 0 Å². The van der Waals surface area contributed by atoms with Crippen molar-refractivity contribution in [2.24, 2.45) is 0 Å². The number of carboxylic acid groups (broad SMARTS) is 1. The fourth-order valence-electron chi connectivity index (χ4n) is 0.541. The fourth-order valence-corrected chi connectivity index (χ4v) is 0.541. The van der Waals surface area contributed by atoms with Gasteiger partial charge in [0.15, 0.2) is 0 Å². The molecule has 0 spiro atoms. The number of rotatable bonds is 6. The largest absolute Gasteiger partial charge is 0.465 e. The van der Waals surface area contributed by atoms with Crippen molar-refractivity contribution in [1.82, 2.24) is 4.90 Å². The molecule has 0 heterocycles. The van der Waals surface area contributed by atoms with Crippen molar-refractivity contribution in [3.63, 3.8) is 0 Å². The summed E-state index contributed by atoms with van der Waals surface area (Å²) in [6.45, 7) is 1.84. The molecule has 0 radical (unpaired) electrons. The number of hydrogen-bond donors (Lipinski definition) is 1. The van der Waals surface area contributed by atoms with Gasteiger partial charge in [-0.2, -0.15) is 0 Å². The monoisotopic (exact) mass is 177 g/mol. The lowest BCUT2D eigenvalue weighted by atomic mass is 10.6. The normalized spacial score (nSPS) is 9.83. The molecule has 1 amide bonds. The van der Waals surface area contributed by atoms with Crippen LogP contribution in [0.5, 0.6) is 0 Å². The highest BCUT2D eigenvalue weighted by atomic mass is 16.5. The minimum atomic E-state index is -0.939. The third kappa shape index (κ3) is 5.94. The Morgan fingerprint density at radius 3 is 2.58 bits per heavy atom. The predicted molar refractivity (Wildman–Crippen MR) is 43.3 cm³/mol. The molecule has 12 heavy (non-hydrogen) atoms. The quantitative estimate of drug-likeness (QED) is 0.591. The first-order chi connectivity index (χ1) is 5.68. The van der Waals surface area contributed by atoms with Gasteiger partial charge in [-0.25, -0.2) is 4.79 Å².